The Morgan fingerprint density at radius 2 is 1.73 bits per heavy atom. The number of rotatable bonds is 2. The molecule has 7 heteroatoms. The molecule has 0 saturated carbocycles. The van der Waals surface area contributed by atoms with Gasteiger partial charge in [0, 0.05) is 17.4 Å². The number of nitrogens with zero attached hydrogens (tertiary/aromatic N) is 2. The SMILES string of the molecule is O=C1CN(C(=O)C2CC(=O)N(c3ccccc3Br)C2)c2ccccc2N1. The van der Waals surface area contributed by atoms with E-state index in [1.54, 1.807) is 23.1 Å². The minimum absolute atomic E-state index is 0.0322. The van der Waals surface area contributed by atoms with Crippen LogP contribution in [0.25, 0.3) is 0 Å². The first kappa shape index (κ1) is 16.8. The van der Waals surface area contributed by atoms with Crippen molar-refractivity contribution in [3.8, 4) is 0 Å². The first-order valence-corrected chi connectivity index (χ1v) is 9.09. The summed E-state index contributed by atoms with van der Waals surface area (Å²) in [6, 6.07) is 14.6. The number of fused-ring (bicyclic) bond motifs is 1. The molecular formula is C19H16BrN3O3. The van der Waals surface area contributed by atoms with Crippen LogP contribution in [-0.2, 0) is 14.4 Å². The zero-order valence-corrected chi connectivity index (χ0v) is 15.4. The molecule has 2 heterocycles. The second kappa shape index (κ2) is 6.57. The summed E-state index contributed by atoms with van der Waals surface area (Å²) in [5.41, 5.74) is 2.04. The number of nitrogens with one attached hydrogen (secondary N) is 1. The lowest BCUT2D eigenvalue weighted by Gasteiger charge is -2.30. The monoisotopic (exact) mass is 413 g/mol. The van der Waals surface area contributed by atoms with Crippen LogP contribution in [0.3, 0.4) is 0 Å². The van der Waals surface area contributed by atoms with Crippen molar-refractivity contribution in [3.63, 3.8) is 0 Å². The Balaban J connectivity index is 1.59. The Bertz CT molecular complexity index is 914. The molecule has 0 radical (unpaired) electrons. The fraction of sp³-hybridized carbons (Fsp3) is 0.211. The maximum Gasteiger partial charge on any atom is 0.244 e. The van der Waals surface area contributed by atoms with E-state index in [4.69, 9.17) is 0 Å². The second-order valence-electron chi connectivity index (χ2n) is 6.35. The molecule has 0 aliphatic carbocycles. The van der Waals surface area contributed by atoms with Gasteiger partial charge in [-0.3, -0.25) is 14.4 Å². The van der Waals surface area contributed by atoms with Gasteiger partial charge in [0.1, 0.15) is 6.54 Å². The summed E-state index contributed by atoms with van der Waals surface area (Å²) in [4.78, 5) is 40.6. The molecule has 2 aliphatic heterocycles. The van der Waals surface area contributed by atoms with Gasteiger partial charge in [0.15, 0.2) is 0 Å². The van der Waals surface area contributed by atoms with Crippen LogP contribution in [0.4, 0.5) is 17.1 Å². The molecule has 26 heavy (non-hydrogen) atoms. The van der Waals surface area contributed by atoms with Crippen LogP contribution < -0.4 is 15.1 Å². The molecule has 6 nitrogen and oxygen atoms in total. The maximum absolute atomic E-state index is 13.1. The molecule has 1 unspecified atom stereocenters. The van der Waals surface area contributed by atoms with Gasteiger partial charge in [-0.05, 0) is 40.2 Å². The average Bonchev–Trinajstić information content (AvgIpc) is 3.02. The molecular weight excluding hydrogens is 398 g/mol. The summed E-state index contributed by atoms with van der Waals surface area (Å²) in [7, 11) is 0. The molecule has 0 aromatic heterocycles. The number of halogens is 1. The molecule has 3 amide bonds. The second-order valence-corrected chi connectivity index (χ2v) is 7.20. The number of para-hydroxylation sites is 3. The van der Waals surface area contributed by atoms with Crippen molar-refractivity contribution in [2.75, 3.05) is 28.2 Å². The minimum Gasteiger partial charge on any atom is -0.323 e. The normalized spacial score (nSPS) is 19.3. The van der Waals surface area contributed by atoms with Crippen molar-refractivity contribution in [3.05, 3.63) is 53.0 Å². The fourth-order valence-electron chi connectivity index (χ4n) is 3.43. The molecule has 1 fully saturated rings. The lowest BCUT2D eigenvalue weighted by atomic mass is 10.1. The van der Waals surface area contributed by atoms with Gasteiger partial charge in [-0.25, -0.2) is 0 Å². The summed E-state index contributed by atoms with van der Waals surface area (Å²) in [5, 5.41) is 2.77. The van der Waals surface area contributed by atoms with E-state index in [0.717, 1.165) is 10.2 Å². The summed E-state index contributed by atoms with van der Waals surface area (Å²) >= 11 is 3.45. The quantitative estimate of drug-likeness (QED) is 0.822. The Morgan fingerprint density at radius 3 is 2.50 bits per heavy atom. The van der Waals surface area contributed by atoms with Crippen LogP contribution in [0, 0.1) is 5.92 Å². The Labute approximate surface area is 158 Å². The van der Waals surface area contributed by atoms with Crippen molar-refractivity contribution < 1.29 is 14.4 Å². The number of carbonyl (C=O) groups excluding carboxylic acids is 3. The topological polar surface area (TPSA) is 69.7 Å². The largest absolute Gasteiger partial charge is 0.323 e. The number of carbonyl (C=O) groups is 3. The number of amides is 3. The standard InChI is InChI=1S/C19H16BrN3O3/c20-13-5-1-3-7-15(13)22-10-12(9-18(22)25)19(26)23-11-17(24)21-14-6-2-4-8-16(14)23/h1-8,12H,9-11H2,(H,21,24). The van der Waals surface area contributed by atoms with Gasteiger partial charge in [-0.1, -0.05) is 24.3 Å². The molecule has 1 atom stereocenters. The van der Waals surface area contributed by atoms with E-state index in [9.17, 15) is 14.4 Å². The zero-order chi connectivity index (χ0) is 18.3. The van der Waals surface area contributed by atoms with E-state index in [-0.39, 0.29) is 30.7 Å². The number of anilines is 3. The number of hydrogen-bond donors (Lipinski definition) is 1. The van der Waals surface area contributed by atoms with Crippen LogP contribution in [0.5, 0.6) is 0 Å². The van der Waals surface area contributed by atoms with Crippen molar-refractivity contribution in [2.45, 2.75) is 6.42 Å². The smallest absolute Gasteiger partial charge is 0.244 e. The van der Waals surface area contributed by atoms with E-state index in [1.165, 1.54) is 4.90 Å². The van der Waals surface area contributed by atoms with E-state index in [1.807, 2.05) is 30.3 Å². The van der Waals surface area contributed by atoms with Gasteiger partial charge >= 0.3 is 0 Å². The van der Waals surface area contributed by atoms with Crippen LogP contribution in [0.1, 0.15) is 6.42 Å². The van der Waals surface area contributed by atoms with Crippen LogP contribution >= 0.6 is 15.9 Å². The highest BCUT2D eigenvalue weighted by Gasteiger charge is 2.39. The Hall–Kier alpha value is -2.67. The van der Waals surface area contributed by atoms with E-state index < -0.39 is 5.92 Å². The Morgan fingerprint density at radius 1 is 1.04 bits per heavy atom. The Kier molecular flexibility index (Phi) is 4.24. The fourth-order valence-corrected chi connectivity index (χ4v) is 3.93. The van der Waals surface area contributed by atoms with Gasteiger partial charge in [-0.15, -0.1) is 0 Å². The molecule has 0 bridgehead atoms. The number of benzene rings is 2. The van der Waals surface area contributed by atoms with Gasteiger partial charge in [0.25, 0.3) is 0 Å². The summed E-state index contributed by atoms with van der Waals surface area (Å²) in [6.07, 6.45) is 0.139. The minimum atomic E-state index is -0.478. The van der Waals surface area contributed by atoms with E-state index >= 15 is 0 Å². The van der Waals surface area contributed by atoms with Crippen LogP contribution in [0.15, 0.2) is 53.0 Å². The highest BCUT2D eigenvalue weighted by Crippen LogP contribution is 2.34. The predicted molar refractivity (Wildman–Crippen MR) is 102 cm³/mol. The molecule has 2 aliphatic rings. The van der Waals surface area contributed by atoms with Gasteiger partial charge < -0.3 is 15.1 Å². The van der Waals surface area contributed by atoms with E-state index in [2.05, 4.69) is 21.2 Å². The lowest BCUT2D eigenvalue weighted by Crippen LogP contribution is -2.45. The number of hydrogen-bond acceptors (Lipinski definition) is 3. The van der Waals surface area contributed by atoms with Gasteiger partial charge in [0.05, 0.1) is 23.0 Å². The molecule has 1 N–H and O–H groups in total. The highest BCUT2D eigenvalue weighted by atomic mass is 79.9. The zero-order valence-electron chi connectivity index (χ0n) is 13.8. The van der Waals surface area contributed by atoms with Crippen LogP contribution in [0.2, 0.25) is 0 Å². The lowest BCUT2D eigenvalue weighted by molar-refractivity contribution is -0.125. The van der Waals surface area contributed by atoms with E-state index in [0.29, 0.717) is 17.9 Å². The first-order chi connectivity index (χ1) is 12.5. The third kappa shape index (κ3) is 2.88. The first-order valence-electron chi connectivity index (χ1n) is 8.30. The van der Waals surface area contributed by atoms with Gasteiger partial charge in [0.2, 0.25) is 17.7 Å². The third-order valence-corrected chi connectivity index (χ3v) is 5.32. The summed E-state index contributed by atoms with van der Waals surface area (Å²) in [5.74, 6) is -1.00. The van der Waals surface area contributed by atoms with Crippen molar-refractivity contribution in [2.24, 2.45) is 5.92 Å². The molecule has 132 valence electrons. The summed E-state index contributed by atoms with van der Waals surface area (Å²) < 4.78 is 0.809. The highest BCUT2D eigenvalue weighted by molar-refractivity contribution is 9.10. The van der Waals surface area contributed by atoms with Crippen molar-refractivity contribution >= 4 is 50.7 Å². The molecule has 1 saturated heterocycles. The molecule has 0 spiro atoms. The van der Waals surface area contributed by atoms with Gasteiger partial charge in [-0.2, -0.15) is 0 Å². The summed E-state index contributed by atoms with van der Waals surface area (Å²) in [6.45, 7) is 0.274. The van der Waals surface area contributed by atoms with Crippen molar-refractivity contribution in [1.29, 1.82) is 0 Å². The van der Waals surface area contributed by atoms with Crippen molar-refractivity contribution in [1.82, 2.24) is 0 Å². The maximum atomic E-state index is 13.1. The predicted octanol–water partition coefficient (Wildman–Crippen LogP) is 2.79. The third-order valence-electron chi connectivity index (χ3n) is 4.65. The molecule has 2 aromatic carbocycles. The average molecular weight is 414 g/mol. The molecule has 4 rings (SSSR count). The van der Waals surface area contributed by atoms with Crippen LogP contribution in [-0.4, -0.2) is 30.8 Å². The molecule has 2 aromatic rings.